The molecule has 23 nitrogen and oxygen atoms in total. The van der Waals surface area contributed by atoms with Gasteiger partial charge in [0, 0.05) is 147 Å². The van der Waals surface area contributed by atoms with Crippen molar-refractivity contribution in [3.63, 3.8) is 0 Å². The van der Waals surface area contributed by atoms with Crippen molar-refractivity contribution in [1.29, 1.82) is 0 Å². The van der Waals surface area contributed by atoms with E-state index >= 15 is 0 Å². The van der Waals surface area contributed by atoms with E-state index in [-0.39, 0.29) is 64.9 Å². The number of aryl methyl sites for hydroxylation is 1. The standard InChI is InChI=1S/C24H27N5O4S2.C22H21FN4O3S2.C21H19ClN4O3S2.6H2/c1-33-20-4-2-3-19(17-20)27-12-14-28(15-13-27)22-9-11-29(23(22)30)18-5-7-21(8-6-18)35(31,32)26-24-25-10-16-34-24;23-16-3-8-19-15(14-16)2-1-11-27(19)20-9-12-26(21(20)28)17-4-6-18(7-5-17)32(29,30)25-22-24-10-13-31-22;22-17-2-1-3-18-16(17)8-11-26(18)19-9-12-25(20(19)27)14-4-6-15(7-5-14)31(28,29)24-21-23-10-13-30-21;;;;;;/h2-8,10,16-17,22H,9,11-15H2,1H3,(H,25,26);3-8,10,13-14,20H,1-2,9,11-12H2,(H,24,25);1-7,10,13,19H,8-9,11-12H2,(H,23,24);6*1H/t22-;20-;19-;;;;;;/m000....../s1. The van der Waals surface area contributed by atoms with E-state index < -0.39 is 30.1 Å². The molecule has 6 aliphatic rings. The van der Waals surface area contributed by atoms with Crippen LogP contribution < -0.4 is 48.3 Å². The second-order valence-electron chi connectivity index (χ2n) is 23.7. The number of methoxy groups -OCH3 is 1. The van der Waals surface area contributed by atoms with Gasteiger partial charge in [-0.05, 0) is 165 Å². The molecular formula is C67H79ClFN13O10S6. The van der Waals surface area contributed by atoms with E-state index in [1.807, 2.05) is 36.4 Å². The van der Waals surface area contributed by atoms with Gasteiger partial charge in [-0.15, -0.1) is 34.0 Å². The predicted molar refractivity (Wildman–Crippen MR) is 394 cm³/mol. The highest BCUT2D eigenvalue weighted by atomic mass is 35.5. The van der Waals surface area contributed by atoms with E-state index in [1.54, 1.807) is 92.7 Å². The number of thiazole rings is 3. The second kappa shape index (κ2) is 29.0. The van der Waals surface area contributed by atoms with Gasteiger partial charge in [0.2, 0.25) is 17.7 Å². The van der Waals surface area contributed by atoms with Crippen molar-refractivity contribution in [3.8, 4) is 5.75 Å². The molecule has 0 radical (unpaired) electrons. The minimum absolute atomic E-state index is 0. The van der Waals surface area contributed by atoms with Crippen LogP contribution in [0.5, 0.6) is 5.75 Å². The van der Waals surface area contributed by atoms with Gasteiger partial charge in [-0.3, -0.25) is 33.4 Å². The van der Waals surface area contributed by atoms with Crippen LogP contribution in [0.25, 0.3) is 0 Å². The van der Waals surface area contributed by atoms with E-state index in [0.717, 1.165) is 104 Å². The summed E-state index contributed by atoms with van der Waals surface area (Å²) in [5.41, 5.74) is 7.16. The zero-order valence-corrected chi connectivity index (χ0v) is 58.4. The largest absolute Gasteiger partial charge is 0.497 e. The third kappa shape index (κ3) is 14.7. The molecule has 0 bridgehead atoms. The number of nitrogens with one attached hydrogen (secondary N) is 3. The Balaban J connectivity index is 0.000000212. The molecule has 9 aromatic rings. The Morgan fingerprint density at radius 2 is 0.959 bits per heavy atom. The average Bonchev–Trinajstić information content (AvgIpc) is 1.61. The topological polar surface area (TPSA) is 260 Å². The number of nitrogens with zero attached hydrogens (tertiary/aromatic N) is 10. The summed E-state index contributed by atoms with van der Waals surface area (Å²) in [6.07, 6.45) is 9.22. The normalized spacial score (nSPS) is 18.8. The molecule has 6 aliphatic heterocycles. The summed E-state index contributed by atoms with van der Waals surface area (Å²) < 4.78 is 102. The molecule has 4 saturated heterocycles. The Hall–Kier alpha value is -8.75. The highest BCUT2D eigenvalue weighted by molar-refractivity contribution is 7.93. The number of aromatic nitrogens is 3. The first-order valence-corrected chi connectivity index (χ1v) is 39.0. The molecular weight excluding hydrogens is 1390 g/mol. The number of hydrogen-bond acceptors (Lipinski definition) is 20. The number of hydrogen-bond donors (Lipinski definition) is 3. The molecule has 0 saturated carbocycles. The number of carbonyl (C=O) groups excluding carboxylic acids is 3. The van der Waals surface area contributed by atoms with Gasteiger partial charge >= 0.3 is 0 Å². The first-order chi connectivity index (χ1) is 47.3. The average molecular weight is 1470 g/mol. The maximum atomic E-state index is 13.6. The zero-order valence-electron chi connectivity index (χ0n) is 52.8. The number of anilines is 9. The fourth-order valence-electron chi connectivity index (χ4n) is 13.2. The monoisotopic (exact) mass is 1470 g/mol. The molecule has 4 fully saturated rings. The number of rotatable bonds is 17. The summed E-state index contributed by atoms with van der Waals surface area (Å²) in [5.74, 6) is 0.632. The number of carbonyl (C=O) groups is 3. The minimum Gasteiger partial charge on any atom is -0.497 e. The number of amides is 3. The highest BCUT2D eigenvalue weighted by Crippen LogP contribution is 2.39. The lowest BCUT2D eigenvalue weighted by Crippen LogP contribution is -2.52. The lowest BCUT2D eigenvalue weighted by molar-refractivity contribution is -0.122. The van der Waals surface area contributed by atoms with Crippen LogP contribution in [-0.4, -0.2) is 147 Å². The van der Waals surface area contributed by atoms with E-state index in [2.05, 4.69) is 54.8 Å². The Morgan fingerprint density at radius 1 is 0.500 bits per heavy atom. The molecule has 0 unspecified atom stereocenters. The van der Waals surface area contributed by atoms with Crippen molar-refractivity contribution in [3.05, 3.63) is 190 Å². The third-order valence-corrected chi connectivity index (χ3v) is 24.9. The zero-order chi connectivity index (χ0) is 68.3. The van der Waals surface area contributed by atoms with Crippen LogP contribution in [0.15, 0.2) is 183 Å². The van der Waals surface area contributed by atoms with Crippen molar-refractivity contribution in [2.24, 2.45) is 0 Å². The molecule has 3 aromatic heterocycles. The molecule has 31 heteroatoms. The Morgan fingerprint density at radius 3 is 1.43 bits per heavy atom. The van der Waals surface area contributed by atoms with Gasteiger partial charge in [0.15, 0.2) is 15.4 Å². The van der Waals surface area contributed by atoms with E-state index in [1.165, 1.54) is 88.9 Å². The summed E-state index contributed by atoms with van der Waals surface area (Å²) in [6, 6.07) is 37.0. The van der Waals surface area contributed by atoms with Gasteiger partial charge in [-0.1, -0.05) is 23.7 Å². The first kappa shape index (κ1) is 67.8. The summed E-state index contributed by atoms with van der Waals surface area (Å²) in [6.45, 7) is 6.56. The highest BCUT2D eigenvalue weighted by Gasteiger charge is 2.42. The van der Waals surface area contributed by atoms with Crippen molar-refractivity contribution in [2.75, 3.05) is 110 Å². The van der Waals surface area contributed by atoms with Crippen molar-refractivity contribution in [1.82, 2.24) is 19.9 Å². The lowest BCUT2D eigenvalue weighted by atomic mass is 9.99. The Kier molecular flexibility index (Phi) is 20.1. The van der Waals surface area contributed by atoms with Gasteiger partial charge in [-0.2, -0.15) is 0 Å². The molecule has 98 heavy (non-hydrogen) atoms. The molecule has 3 N–H and O–H groups in total. The quantitative estimate of drug-likeness (QED) is 0.0765. The third-order valence-electron chi connectivity index (χ3n) is 18.0. The van der Waals surface area contributed by atoms with Crippen LogP contribution in [0.3, 0.4) is 0 Å². The molecule has 9 heterocycles. The minimum atomic E-state index is -3.75. The molecule has 6 aromatic carbocycles. The van der Waals surface area contributed by atoms with Crippen LogP contribution in [-0.2, 0) is 57.3 Å². The summed E-state index contributed by atoms with van der Waals surface area (Å²) >= 11 is 9.94. The van der Waals surface area contributed by atoms with Crippen LogP contribution >= 0.6 is 45.6 Å². The van der Waals surface area contributed by atoms with E-state index in [9.17, 15) is 44.0 Å². The van der Waals surface area contributed by atoms with Crippen LogP contribution in [0.2, 0.25) is 5.02 Å². The fourth-order valence-corrected chi connectivity index (χ4v) is 18.8. The number of piperazine rings is 1. The lowest BCUT2D eigenvalue weighted by Gasteiger charge is -2.38. The van der Waals surface area contributed by atoms with Gasteiger partial charge in [-0.25, -0.2) is 44.6 Å². The predicted octanol–water partition coefficient (Wildman–Crippen LogP) is 11.8. The van der Waals surface area contributed by atoms with Gasteiger partial charge in [0.1, 0.15) is 23.7 Å². The van der Waals surface area contributed by atoms with Gasteiger partial charge < -0.3 is 34.1 Å². The number of fused-ring (bicyclic) bond motifs is 2. The van der Waals surface area contributed by atoms with Crippen LogP contribution in [0.1, 0.15) is 45.4 Å². The SMILES string of the molecule is COc1cccc(N2CCN([C@H]3CCN(c4ccc(S(=O)(=O)Nc5nccs5)cc4)C3=O)CC2)c1.O=C1[C@@H](N2CCCc3cc(F)ccc32)CCN1c1ccc(S(=O)(=O)Nc2nccs2)cc1.O=C1[C@@H](N2CCc3c(Cl)cccc32)CCN1c1ccc(S(=O)(=O)Nc2nccs2)cc1.[HH].[HH].[HH].[HH].[HH].[HH]. The van der Waals surface area contributed by atoms with E-state index in [0.29, 0.717) is 64.9 Å². The van der Waals surface area contributed by atoms with Crippen LogP contribution in [0.4, 0.5) is 53.9 Å². The Labute approximate surface area is 593 Å². The molecule has 3 atom stereocenters. The maximum absolute atomic E-state index is 13.6. The molecule has 0 spiro atoms. The summed E-state index contributed by atoms with van der Waals surface area (Å²) in [7, 11) is -9.53. The van der Waals surface area contributed by atoms with Crippen molar-refractivity contribution >= 4 is 143 Å². The molecule has 0 aliphatic carbocycles. The maximum Gasteiger partial charge on any atom is 0.263 e. The number of sulfonamides is 3. The summed E-state index contributed by atoms with van der Waals surface area (Å²) in [4.78, 5) is 65.9. The summed E-state index contributed by atoms with van der Waals surface area (Å²) in [5, 5.41) is 6.76. The van der Waals surface area contributed by atoms with E-state index in [4.69, 9.17) is 16.3 Å². The molecule has 15 rings (SSSR count). The second-order valence-corrected chi connectivity index (χ2v) is 31.8. The molecule has 522 valence electrons. The van der Waals surface area contributed by atoms with Crippen LogP contribution in [0, 0.1) is 5.82 Å². The Bertz CT molecular complexity index is 4730. The number of benzene rings is 6. The molecule has 3 amide bonds. The van der Waals surface area contributed by atoms with Gasteiger partial charge in [0.05, 0.1) is 27.8 Å². The van der Waals surface area contributed by atoms with Gasteiger partial charge in [0.25, 0.3) is 30.1 Å². The van der Waals surface area contributed by atoms with Crippen molar-refractivity contribution < 1.29 is 57.3 Å². The number of halogens is 2. The first-order valence-electron chi connectivity index (χ1n) is 31.5. The van der Waals surface area contributed by atoms with Crippen molar-refractivity contribution in [2.45, 2.75) is 71.3 Å². The smallest absolute Gasteiger partial charge is 0.263 e. The fraction of sp³-hybridized carbons (Fsp3) is 0.284. The number of ether oxygens (including phenoxy) is 1.